The molecule has 2 amide bonds. The molecule has 0 radical (unpaired) electrons. The van der Waals surface area contributed by atoms with E-state index in [1.165, 1.54) is 23.3 Å². The SMILES string of the molecule is CCCc1nnc(N2CC(C(=O)NCc3nc(COC)no3)CC2=O)s1.O=CO. The first-order valence-corrected chi connectivity index (χ1v) is 9.62. The van der Waals surface area contributed by atoms with Crippen molar-refractivity contribution in [3.05, 3.63) is 16.7 Å². The standard InChI is InChI=1S/C15H20N6O4S.CH2O2/c1-3-4-12-18-19-15(26-12)21-7-9(5-13(21)22)14(23)16-6-11-17-10(8-24-2)20-25-11;2-1-3/h9H,3-8H2,1-2H3,(H,16,23);1H,(H,2,3). The third kappa shape index (κ3) is 6.29. The maximum Gasteiger partial charge on any atom is 0.290 e. The van der Waals surface area contributed by atoms with E-state index in [1.54, 1.807) is 0 Å². The average Bonchev–Trinajstić information content (AvgIpc) is 3.41. The Bertz CT molecular complexity index is 824. The van der Waals surface area contributed by atoms with E-state index in [9.17, 15) is 9.59 Å². The molecule has 2 aromatic rings. The number of hydrogen-bond acceptors (Lipinski definition) is 10. The number of aromatic nitrogens is 4. The number of methoxy groups -OCH3 is 1. The van der Waals surface area contributed by atoms with Crippen LogP contribution in [-0.2, 0) is 38.7 Å². The topological polar surface area (TPSA) is 161 Å². The predicted molar refractivity (Wildman–Crippen MR) is 99.9 cm³/mol. The van der Waals surface area contributed by atoms with Crippen LogP contribution in [0.2, 0.25) is 0 Å². The van der Waals surface area contributed by atoms with Gasteiger partial charge in [0.1, 0.15) is 11.6 Å². The molecule has 2 aromatic heterocycles. The monoisotopic (exact) mass is 426 g/mol. The number of nitrogens with one attached hydrogen (secondary N) is 1. The second-order valence-corrected chi connectivity index (χ2v) is 7.03. The Kier molecular flexibility index (Phi) is 8.61. The summed E-state index contributed by atoms with van der Waals surface area (Å²) in [6.07, 6.45) is 1.95. The van der Waals surface area contributed by atoms with Crippen molar-refractivity contribution < 1.29 is 28.8 Å². The number of aryl methyl sites for hydroxylation is 1. The number of carbonyl (C=O) groups is 3. The Morgan fingerprint density at radius 1 is 1.48 bits per heavy atom. The van der Waals surface area contributed by atoms with Gasteiger partial charge in [0, 0.05) is 26.5 Å². The van der Waals surface area contributed by atoms with Gasteiger partial charge in [-0.2, -0.15) is 4.98 Å². The van der Waals surface area contributed by atoms with Crippen LogP contribution in [-0.4, -0.2) is 57.4 Å². The predicted octanol–water partition coefficient (Wildman–Crippen LogP) is 0.390. The zero-order valence-electron chi connectivity index (χ0n) is 16.0. The lowest BCUT2D eigenvalue weighted by molar-refractivity contribution is -0.126. The summed E-state index contributed by atoms with van der Waals surface area (Å²) in [5.74, 6) is -0.0874. The van der Waals surface area contributed by atoms with Crippen LogP contribution < -0.4 is 10.2 Å². The first kappa shape index (κ1) is 22.4. The summed E-state index contributed by atoms with van der Waals surface area (Å²) in [5, 5.41) is 22.9. The second-order valence-electron chi connectivity index (χ2n) is 5.99. The van der Waals surface area contributed by atoms with E-state index >= 15 is 0 Å². The van der Waals surface area contributed by atoms with Crippen molar-refractivity contribution in [1.29, 1.82) is 0 Å². The zero-order valence-corrected chi connectivity index (χ0v) is 16.8. The highest BCUT2D eigenvalue weighted by Crippen LogP contribution is 2.28. The van der Waals surface area contributed by atoms with E-state index < -0.39 is 5.92 Å². The normalized spacial score (nSPS) is 15.7. The molecule has 0 aromatic carbocycles. The minimum atomic E-state index is -0.442. The van der Waals surface area contributed by atoms with Crippen LogP contribution in [0.5, 0.6) is 0 Å². The van der Waals surface area contributed by atoms with E-state index in [1.807, 2.05) is 0 Å². The summed E-state index contributed by atoms with van der Waals surface area (Å²) in [6.45, 7) is 2.46. The molecule has 1 unspecified atom stereocenters. The molecule has 1 aliphatic heterocycles. The van der Waals surface area contributed by atoms with Crippen LogP contribution in [0.4, 0.5) is 5.13 Å². The highest BCUT2D eigenvalue weighted by atomic mass is 32.1. The van der Waals surface area contributed by atoms with Crippen LogP contribution >= 0.6 is 11.3 Å². The van der Waals surface area contributed by atoms with Gasteiger partial charge in [-0.1, -0.05) is 23.4 Å². The molecule has 158 valence electrons. The van der Waals surface area contributed by atoms with Crippen LogP contribution in [0.15, 0.2) is 4.52 Å². The summed E-state index contributed by atoms with van der Waals surface area (Å²) < 4.78 is 9.92. The Hall–Kier alpha value is -2.93. The maximum atomic E-state index is 12.3. The van der Waals surface area contributed by atoms with Crippen LogP contribution in [0, 0.1) is 5.92 Å². The summed E-state index contributed by atoms with van der Waals surface area (Å²) in [6, 6.07) is 0. The third-order valence-electron chi connectivity index (χ3n) is 3.84. The quantitative estimate of drug-likeness (QED) is 0.565. The van der Waals surface area contributed by atoms with Crippen molar-refractivity contribution in [1.82, 2.24) is 25.7 Å². The molecule has 0 bridgehead atoms. The van der Waals surface area contributed by atoms with Gasteiger partial charge in [0.05, 0.1) is 12.5 Å². The Balaban J connectivity index is 0.000000941. The molecule has 12 nitrogen and oxygen atoms in total. The first-order valence-electron chi connectivity index (χ1n) is 8.81. The molecular formula is C16H22N6O6S. The smallest absolute Gasteiger partial charge is 0.290 e. The minimum Gasteiger partial charge on any atom is -0.483 e. The number of ether oxygens (including phenoxy) is 1. The fourth-order valence-corrected chi connectivity index (χ4v) is 3.56. The van der Waals surface area contributed by atoms with Gasteiger partial charge in [0.25, 0.3) is 6.47 Å². The van der Waals surface area contributed by atoms with Gasteiger partial charge in [-0.3, -0.25) is 19.3 Å². The highest BCUT2D eigenvalue weighted by molar-refractivity contribution is 7.15. The van der Waals surface area contributed by atoms with E-state index in [2.05, 4.69) is 32.6 Å². The van der Waals surface area contributed by atoms with Gasteiger partial charge >= 0.3 is 0 Å². The first-order chi connectivity index (χ1) is 14.0. The summed E-state index contributed by atoms with van der Waals surface area (Å²) in [4.78, 5) is 38.6. The zero-order chi connectivity index (χ0) is 21.2. The van der Waals surface area contributed by atoms with Crippen molar-refractivity contribution in [2.24, 2.45) is 5.92 Å². The summed E-state index contributed by atoms with van der Waals surface area (Å²) >= 11 is 1.40. The van der Waals surface area contributed by atoms with Crippen molar-refractivity contribution in [3.8, 4) is 0 Å². The third-order valence-corrected chi connectivity index (χ3v) is 4.85. The summed E-state index contributed by atoms with van der Waals surface area (Å²) in [7, 11) is 1.53. The van der Waals surface area contributed by atoms with Crippen molar-refractivity contribution in [2.45, 2.75) is 39.3 Å². The van der Waals surface area contributed by atoms with E-state index in [4.69, 9.17) is 19.2 Å². The molecule has 3 heterocycles. The van der Waals surface area contributed by atoms with Crippen LogP contribution in [0.1, 0.15) is 36.5 Å². The number of carbonyl (C=O) groups excluding carboxylic acids is 2. The Morgan fingerprint density at radius 3 is 2.93 bits per heavy atom. The van der Waals surface area contributed by atoms with Gasteiger partial charge in [0.2, 0.25) is 22.8 Å². The van der Waals surface area contributed by atoms with Crippen molar-refractivity contribution >= 4 is 34.8 Å². The largest absolute Gasteiger partial charge is 0.483 e. The lowest BCUT2D eigenvalue weighted by Crippen LogP contribution is -2.32. The number of rotatable bonds is 8. The van der Waals surface area contributed by atoms with Gasteiger partial charge in [-0.05, 0) is 6.42 Å². The fraction of sp³-hybridized carbons (Fsp3) is 0.562. The summed E-state index contributed by atoms with van der Waals surface area (Å²) in [5.41, 5.74) is 0. The number of carboxylic acid groups (broad SMARTS) is 1. The number of hydrogen-bond donors (Lipinski definition) is 2. The molecule has 1 saturated heterocycles. The molecule has 0 saturated carbocycles. The minimum absolute atomic E-state index is 0.111. The van der Waals surface area contributed by atoms with Crippen molar-refractivity contribution in [2.75, 3.05) is 18.6 Å². The average molecular weight is 426 g/mol. The molecule has 13 heteroatoms. The molecule has 0 aliphatic carbocycles. The van der Waals surface area contributed by atoms with Gasteiger partial charge in [-0.15, -0.1) is 10.2 Å². The molecule has 1 fully saturated rings. The molecule has 1 aliphatic rings. The van der Waals surface area contributed by atoms with E-state index in [0.29, 0.717) is 23.4 Å². The van der Waals surface area contributed by atoms with Gasteiger partial charge in [0.15, 0.2) is 5.82 Å². The molecule has 2 N–H and O–H groups in total. The second kappa shape index (κ2) is 11.2. The molecule has 29 heavy (non-hydrogen) atoms. The maximum absolute atomic E-state index is 12.3. The molecular weight excluding hydrogens is 404 g/mol. The lowest BCUT2D eigenvalue weighted by atomic mass is 10.1. The molecule has 1 atom stereocenters. The van der Waals surface area contributed by atoms with Gasteiger partial charge < -0.3 is 19.7 Å². The molecule has 3 rings (SSSR count). The van der Waals surface area contributed by atoms with Crippen molar-refractivity contribution in [3.63, 3.8) is 0 Å². The van der Waals surface area contributed by atoms with Gasteiger partial charge in [-0.25, -0.2) is 0 Å². The van der Waals surface area contributed by atoms with Crippen LogP contribution in [0.3, 0.4) is 0 Å². The Morgan fingerprint density at radius 2 is 2.24 bits per heavy atom. The van der Waals surface area contributed by atoms with Crippen LogP contribution in [0.25, 0.3) is 0 Å². The highest BCUT2D eigenvalue weighted by Gasteiger charge is 2.36. The lowest BCUT2D eigenvalue weighted by Gasteiger charge is -2.12. The number of anilines is 1. The molecule has 0 spiro atoms. The number of amides is 2. The number of nitrogens with zero attached hydrogens (tertiary/aromatic N) is 5. The van der Waals surface area contributed by atoms with E-state index in [-0.39, 0.29) is 37.9 Å². The van der Waals surface area contributed by atoms with E-state index in [0.717, 1.165) is 17.8 Å². The Labute approximate surface area is 170 Å². The fourth-order valence-electron chi connectivity index (χ4n) is 2.59.